The van der Waals surface area contributed by atoms with E-state index in [0.29, 0.717) is 49.1 Å². The van der Waals surface area contributed by atoms with Crippen molar-refractivity contribution in [2.45, 2.75) is 45.5 Å². The molecule has 2 aliphatic rings. The van der Waals surface area contributed by atoms with Gasteiger partial charge in [0.2, 0.25) is 11.8 Å². The van der Waals surface area contributed by atoms with Gasteiger partial charge < -0.3 is 24.2 Å². The van der Waals surface area contributed by atoms with Gasteiger partial charge in [-0.3, -0.25) is 9.59 Å². The van der Waals surface area contributed by atoms with Gasteiger partial charge >= 0.3 is 0 Å². The smallest absolute Gasteiger partial charge is 0.256 e. The van der Waals surface area contributed by atoms with Crippen LogP contribution in [0.2, 0.25) is 0 Å². The summed E-state index contributed by atoms with van der Waals surface area (Å²) in [4.78, 5) is 32.9. The Morgan fingerprint density at radius 3 is 2.70 bits per heavy atom. The molecule has 0 radical (unpaired) electrons. The molecule has 2 aromatic heterocycles. The summed E-state index contributed by atoms with van der Waals surface area (Å²) in [6.07, 6.45) is 1.22. The molecule has 4 rings (SSSR count). The fourth-order valence-electron chi connectivity index (χ4n) is 4.06. The van der Waals surface area contributed by atoms with Crippen LogP contribution < -0.4 is 4.74 Å². The topological polar surface area (TPSA) is 114 Å². The Morgan fingerprint density at radius 1 is 1.23 bits per heavy atom. The summed E-state index contributed by atoms with van der Waals surface area (Å²) < 4.78 is 7.02. The van der Waals surface area contributed by atoms with Crippen LogP contribution in [0.3, 0.4) is 0 Å². The van der Waals surface area contributed by atoms with E-state index in [4.69, 9.17) is 4.74 Å². The lowest BCUT2D eigenvalue weighted by Gasteiger charge is -2.31. The summed E-state index contributed by atoms with van der Waals surface area (Å²) in [6.45, 7) is 5.51. The molecule has 0 aliphatic carbocycles. The number of methoxy groups -OCH3 is 1. The predicted octanol–water partition coefficient (Wildman–Crippen LogP) is 0.628. The van der Waals surface area contributed by atoms with Crippen LogP contribution in [0.5, 0.6) is 5.88 Å². The highest BCUT2D eigenvalue weighted by atomic mass is 16.5. The molecule has 1 N–H and O–H groups in total. The van der Waals surface area contributed by atoms with E-state index < -0.39 is 6.10 Å². The normalized spacial score (nSPS) is 21.1. The molecule has 10 nitrogen and oxygen atoms in total. The SMILES string of the molecule is COc1ccc(C(=O)N2C[C@@H](O)C[C@H]2c2nnc3n2CCN(C(=O)C(C)C)C3)cn1. The summed E-state index contributed by atoms with van der Waals surface area (Å²) >= 11 is 0. The Kier molecular flexibility index (Phi) is 5.42. The Hall–Kier alpha value is -3.01. The largest absolute Gasteiger partial charge is 0.481 e. The van der Waals surface area contributed by atoms with E-state index in [1.807, 2.05) is 18.4 Å². The molecule has 4 heterocycles. The number of fused-ring (bicyclic) bond motifs is 1. The summed E-state index contributed by atoms with van der Waals surface area (Å²) in [6, 6.07) is 2.90. The van der Waals surface area contributed by atoms with E-state index in [0.717, 1.165) is 0 Å². The van der Waals surface area contributed by atoms with Gasteiger partial charge in [-0.2, -0.15) is 0 Å². The van der Waals surface area contributed by atoms with Gasteiger partial charge in [0.05, 0.1) is 31.4 Å². The third-order valence-electron chi connectivity index (χ3n) is 5.62. The number of hydrogen-bond acceptors (Lipinski definition) is 7. The molecular formula is C20H26N6O4. The first kappa shape index (κ1) is 20.3. The van der Waals surface area contributed by atoms with Gasteiger partial charge in [-0.25, -0.2) is 4.98 Å². The Balaban J connectivity index is 1.57. The van der Waals surface area contributed by atoms with Gasteiger partial charge in [0, 0.05) is 44.2 Å². The van der Waals surface area contributed by atoms with Crippen molar-refractivity contribution in [3.63, 3.8) is 0 Å². The molecule has 30 heavy (non-hydrogen) atoms. The van der Waals surface area contributed by atoms with Crippen LogP contribution in [0.15, 0.2) is 18.3 Å². The lowest BCUT2D eigenvalue weighted by Crippen LogP contribution is -2.41. The molecular weight excluding hydrogens is 388 g/mol. The lowest BCUT2D eigenvalue weighted by molar-refractivity contribution is -0.136. The molecule has 0 spiro atoms. The number of hydrogen-bond donors (Lipinski definition) is 1. The van der Waals surface area contributed by atoms with E-state index in [1.54, 1.807) is 21.9 Å². The number of ether oxygens (including phenoxy) is 1. The zero-order valence-electron chi connectivity index (χ0n) is 17.4. The van der Waals surface area contributed by atoms with Crippen LogP contribution in [0.1, 0.15) is 48.3 Å². The van der Waals surface area contributed by atoms with Gasteiger partial charge in [-0.05, 0) is 6.07 Å². The molecule has 0 aromatic carbocycles. The van der Waals surface area contributed by atoms with Crippen molar-refractivity contribution in [1.29, 1.82) is 0 Å². The highest BCUT2D eigenvalue weighted by Crippen LogP contribution is 2.33. The molecule has 160 valence electrons. The molecule has 1 fully saturated rings. The van der Waals surface area contributed by atoms with E-state index in [9.17, 15) is 14.7 Å². The lowest BCUT2D eigenvalue weighted by atomic mass is 10.1. The second kappa shape index (κ2) is 8.02. The Morgan fingerprint density at radius 2 is 2.03 bits per heavy atom. The molecule has 2 aromatic rings. The van der Waals surface area contributed by atoms with Crippen molar-refractivity contribution < 1.29 is 19.4 Å². The molecule has 2 atom stereocenters. The monoisotopic (exact) mass is 414 g/mol. The number of β-amino-alcohol motifs (C(OH)–C–C–N with tert-alkyl or cyclic N) is 1. The average Bonchev–Trinajstić information content (AvgIpc) is 3.35. The maximum Gasteiger partial charge on any atom is 0.256 e. The third kappa shape index (κ3) is 3.62. The van der Waals surface area contributed by atoms with Crippen LogP contribution in [-0.2, 0) is 17.9 Å². The number of aromatic nitrogens is 4. The number of likely N-dealkylation sites (tertiary alicyclic amines) is 1. The number of nitrogens with zero attached hydrogens (tertiary/aromatic N) is 6. The number of amides is 2. The maximum atomic E-state index is 13.1. The van der Waals surface area contributed by atoms with Crippen molar-refractivity contribution in [2.75, 3.05) is 20.2 Å². The second-order valence-corrected chi connectivity index (χ2v) is 7.99. The summed E-state index contributed by atoms with van der Waals surface area (Å²) in [5.41, 5.74) is 0.419. The molecule has 0 saturated carbocycles. The summed E-state index contributed by atoms with van der Waals surface area (Å²) in [5.74, 6) is 1.56. The summed E-state index contributed by atoms with van der Waals surface area (Å²) in [7, 11) is 1.51. The zero-order valence-corrected chi connectivity index (χ0v) is 17.4. The number of aliphatic hydroxyl groups excluding tert-OH is 1. The minimum absolute atomic E-state index is 0.0739. The van der Waals surface area contributed by atoms with E-state index >= 15 is 0 Å². The fourth-order valence-corrected chi connectivity index (χ4v) is 4.06. The van der Waals surface area contributed by atoms with Crippen LogP contribution in [0.4, 0.5) is 0 Å². The van der Waals surface area contributed by atoms with Gasteiger partial charge in [0.1, 0.15) is 0 Å². The highest BCUT2D eigenvalue weighted by Gasteiger charge is 2.40. The Bertz CT molecular complexity index is 941. The van der Waals surface area contributed by atoms with Crippen LogP contribution in [0.25, 0.3) is 0 Å². The average molecular weight is 414 g/mol. The third-order valence-corrected chi connectivity index (χ3v) is 5.62. The first-order chi connectivity index (χ1) is 14.4. The zero-order chi connectivity index (χ0) is 21.4. The van der Waals surface area contributed by atoms with E-state index in [-0.39, 0.29) is 30.3 Å². The van der Waals surface area contributed by atoms with Crippen molar-refractivity contribution in [2.24, 2.45) is 5.92 Å². The van der Waals surface area contributed by atoms with Gasteiger partial charge in [-0.1, -0.05) is 13.8 Å². The van der Waals surface area contributed by atoms with Gasteiger partial charge in [0.15, 0.2) is 11.6 Å². The van der Waals surface area contributed by atoms with Crippen molar-refractivity contribution in [3.8, 4) is 5.88 Å². The van der Waals surface area contributed by atoms with Gasteiger partial charge in [-0.15, -0.1) is 10.2 Å². The number of pyridine rings is 1. The van der Waals surface area contributed by atoms with Crippen molar-refractivity contribution >= 4 is 11.8 Å². The van der Waals surface area contributed by atoms with Crippen LogP contribution >= 0.6 is 0 Å². The van der Waals surface area contributed by atoms with Crippen LogP contribution in [-0.4, -0.2) is 72.8 Å². The maximum absolute atomic E-state index is 13.1. The predicted molar refractivity (Wildman–Crippen MR) is 105 cm³/mol. The number of carbonyl (C=O) groups is 2. The van der Waals surface area contributed by atoms with Crippen molar-refractivity contribution in [1.82, 2.24) is 29.5 Å². The second-order valence-electron chi connectivity index (χ2n) is 7.99. The molecule has 10 heteroatoms. The molecule has 2 aliphatic heterocycles. The van der Waals surface area contributed by atoms with Crippen LogP contribution in [0, 0.1) is 5.92 Å². The summed E-state index contributed by atoms with van der Waals surface area (Å²) in [5, 5.41) is 18.9. The standard InChI is InChI=1S/C20H26N6O4/c1-12(2)19(28)24-6-7-25-16(11-24)22-23-18(25)15-8-14(27)10-26(15)20(29)13-4-5-17(30-3)21-9-13/h4-5,9,12,14-15,27H,6-8,10-11H2,1-3H3/t14-,15-/m0/s1. The minimum Gasteiger partial charge on any atom is -0.481 e. The molecule has 2 amide bonds. The van der Waals surface area contributed by atoms with Gasteiger partial charge in [0.25, 0.3) is 5.91 Å². The first-order valence-corrected chi connectivity index (χ1v) is 10.1. The van der Waals surface area contributed by atoms with Crippen molar-refractivity contribution in [3.05, 3.63) is 35.5 Å². The van der Waals surface area contributed by atoms with E-state index in [1.165, 1.54) is 13.3 Å². The fraction of sp³-hybridized carbons (Fsp3) is 0.550. The number of rotatable bonds is 4. The first-order valence-electron chi connectivity index (χ1n) is 10.1. The molecule has 0 bridgehead atoms. The highest BCUT2D eigenvalue weighted by molar-refractivity contribution is 5.94. The number of carbonyl (C=O) groups excluding carboxylic acids is 2. The molecule has 1 saturated heterocycles. The van der Waals surface area contributed by atoms with E-state index in [2.05, 4.69) is 15.2 Å². The molecule has 0 unspecified atom stereocenters. The Labute approximate surface area is 174 Å². The quantitative estimate of drug-likeness (QED) is 0.780. The minimum atomic E-state index is -0.638. The number of aliphatic hydroxyl groups is 1.